The molecule has 2 heterocycles. The van der Waals surface area contributed by atoms with E-state index in [1.807, 2.05) is 91.2 Å². The van der Waals surface area contributed by atoms with Crippen molar-refractivity contribution in [1.29, 1.82) is 0 Å². The van der Waals surface area contributed by atoms with Gasteiger partial charge in [-0.1, -0.05) is 90.0 Å². The Kier molecular flexibility index (Phi) is 7.78. The number of nitrogens with zero attached hydrogens (tertiary/aromatic N) is 1. The lowest BCUT2D eigenvalue weighted by molar-refractivity contribution is -0.142. The summed E-state index contributed by atoms with van der Waals surface area (Å²) in [6, 6.07) is 27.2. The van der Waals surface area contributed by atoms with E-state index in [0.29, 0.717) is 16.4 Å². The van der Waals surface area contributed by atoms with Gasteiger partial charge in [-0.3, -0.25) is 14.4 Å². The van der Waals surface area contributed by atoms with Crippen molar-refractivity contribution in [2.75, 3.05) is 0 Å². The van der Waals surface area contributed by atoms with E-state index in [0.717, 1.165) is 35.1 Å². The Hall–Kier alpha value is -3.74. The van der Waals surface area contributed by atoms with Crippen LogP contribution in [0.25, 0.3) is 0 Å². The molecule has 2 amide bonds. The van der Waals surface area contributed by atoms with Crippen LogP contribution in [0.1, 0.15) is 56.7 Å². The second-order valence-electron chi connectivity index (χ2n) is 11.0. The maximum absolute atomic E-state index is 14.4. The first-order chi connectivity index (χ1) is 19.9. The fraction of sp³-hybridized carbons (Fsp3) is 0.265. The second kappa shape index (κ2) is 11.6. The summed E-state index contributed by atoms with van der Waals surface area (Å²) < 4.78 is 0. The molecular weight excluding hydrogens is 552 g/mol. The predicted molar refractivity (Wildman–Crippen MR) is 162 cm³/mol. The van der Waals surface area contributed by atoms with Crippen LogP contribution in [0.15, 0.2) is 96.4 Å². The summed E-state index contributed by atoms with van der Waals surface area (Å²) in [7, 11) is 0. The van der Waals surface area contributed by atoms with Gasteiger partial charge in [0.2, 0.25) is 11.8 Å². The summed E-state index contributed by atoms with van der Waals surface area (Å²) in [5.74, 6) is -1.73. The molecule has 4 aromatic rings. The number of Topliss-reactive ketones (excluding diaryl/α,β-unsaturated/α-hetero) is 1. The fourth-order valence-corrected chi connectivity index (χ4v) is 6.84. The van der Waals surface area contributed by atoms with Gasteiger partial charge in [0.25, 0.3) is 0 Å². The van der Waals surface area contributed by atoms with Crippen LogP contribution in [0.2, 0.25) is 5.02 Å². The highest BCUT2D eigenvalue weighted by molar-refractivity contribution is 7.12. The molecule has 4 atom stereocenters. The molecule has 0 bridgehead atoms. The Morgan fingerprint density at radius 2 is 1.59 bits per heavy atom. The number of carbonyl (C=O) groups excluding carboxylic acids is 3. The molecule has 0 radical (unpaired) electrons. The van der Waals surface area contributed by atoms with Gasteiger partial charge in [0.05, 0.1) is 16.8 Å². The lowest BCUT2D eigenvalue weighted by Gasteiger charge is -2.32. The zero-order chi connectivity index (χ0) is 28.5. The van der Waals surface area contributed by atoms with E-state index in [2.05, 4.69) is 5.32 Å². The molecule has 208 valence electrons. The molecule has 0 spiro atoms. The summed E-state index contributed by atoms with van der Waals surface area (Å²) in [6.07, 6.45) is 1.59. The van der Waals surface area contributed by atoms with E-state index in [9.17, 15) is 14.4 Å². The molecule has 2 fully saturated rings. The number of amides is 2. The molecular formula is C34H31ClN2O3S. The predicted octanol–water partition coefficient (Wildman–Crippen LogP) is 6.97. The van der Waals surface area contributed by atoms with Crippen molar-refractivity contribution in [2.24, 2.45) is 11.8 Å². The van der Waals surface area contributed by atoms with Crippen molar-refractivity contribution in [3.63, 3.8) is 0 Å². The molecule has 1 aromatic heterocycles. The summed E-state index contributed by atoms with van der Waals surface area (Å²) in [6.45, 7) is 2.35. The highest BCUT2D eigenvalue weighted by atomic mass is 35.5. The van der Waals surface area contributed by atoms with Crippen LogP contribution in [0.5, 0.6) is 0 Å². The first-order valence-electron chi connectivity index (χ1n) is 14.0. The number of rotatable bonds is 8. The topological polar surface area (TPSA) is 66.5 Å². The summed E-state index contributed by atoms with van der Waals surface area (Å²) in [5, 5.41) is 5.57. The van der Waals surface area contributed by atoms with Gasteiger partial charge in [0, 0.05) is 23.4 Å². The Balaban J connectivity index is 1.49. The van der Waals surface area contributed by atoms with Crippen LogP contribution < -0.4 is 5.32 Å². The highest BCUT2D eigenvalue weighted by Gasteiger charge is 2.58. The lowest BCUT2D eigenvalue weighted by atomic mass is 9.77. The van der Waals surface area contributed by atoms with Crippen LogP contribution in [-0.2, 0) is 16.1 Å². The van der Waals surface area contributed by atoms with Crippen LogP contribution >= 0.6 is 22.9 Å². The number of likely N-dealkylation sites (tertiary alicyclic amines) is 1. The molecule has 1 N–H and O–H groups in total. The number of thiophene rings is 1. The number of aryl methyl sites for hydroxylation is 1. The largest absolute Gasteiger partial charge is 0.350 e. The quantitative estimate of drug-likeness (QED) is 0.228. The van der Waals surface area contributed by atoms with Crippen LogP contribution in [0.3, 0.4) is 0 Å². The van der Waals surface area contributed by atoms with Gasteiger partial charge in [-0.25, -0.2) is 0 Å². The number of benzene rings is 3. The normalized spacial score (nSPS) is 22.0. The molecule has 41 heavy (non-hydrogen) atoms. The minimum atomic E-state index is -0.867. The van der Waals surface area contributed by atoms with E-state index in [1.54, 1.807) is 17.0 Å². The lowest BCUT2D eigenvalue weighted by Crippen LogP contribution is -2.49. The molecule has 6 rings (SSSR count). The molecule has 1 saturated heterocycles. The summed E-state index contributed by atoms with van der Waals surface area (Å²) >= 11 is 7.66. The van der Waals surface area contributed by atoms with Crippen LogP contribution in [-0.4, -0.2) is 28.5 Å². The van der Waals surface area contributed by atoms with E-state index in [4.69, 9.17) is 11.6 Å². The zero-order valence-corrected chi connectivity index (χ0v) is 24.3. The smallest absolute Gasteiger partial charge is 0.243 e. The van der Waals surface area contributed by atoms with Crippen molar-refractivity contribution >= 4 is 40.5 Å². The van der Waals surface area contributed by atoms with Gasteiger partial charge in [-0.05, 0) is 60.0 Å². The standard InChI is InChI=1S/C34H31ClN2O3S/c1-21-9-11-22(12-10-21)20-36-33(39)31-28(23-15-17-26(35)18-16-23)29(32(38)27-8-5-19-41-27)30(24-6-3-2-4-7-24)37(31)34(40)25-13-14-25/h2-12,15-19,25,28-31H,13-14,20H2,1H3,(H,36,39). The third-order valence-corrected chi connectivity index (χ3v) is 9.30. The molecule has 3 aromatic carbocycles. The molecule has 7 heteroatoms. The van der Waals surface area contributed by atoms with Crippen LogP contribution in [0.4, 0.5) is 0 Å². The molecule has 4 unspecified atom stereocenters. The molecule has 1 aliphatic carbocycles. The first kappa shape index (κ1) is 27.4. The number of hydrogen-bond donors (Lipinski definition) is 1. The number of carbonyl (C=O) groups is 3. The summed E-state index contributed by atoms with van der Waals surface area (Å²) in [4.78, 5) is 45.2. The number of hydrogen-bond acceptors (Lipinski definition) is 4. The van der Waals surface area contributed by atoms with Crippen molar-refractivity contribution in [3.05, 3.63) is 129 Å². The van der Waals surface area contributed by atoms with Crippen LogP contribution in [0, 0.1) is 18.8 Å². The third kappa shape index (κ3) is 5.59. The number of halogens is 1. The monoisotopic (exact) mass is 582 g/mol. The van der Waals surface area contributed by atoms with E-state index in [-0.39, 0.29) is 23.5 Å². The van der Waals surface area contributed by atoms with E-state index >= 15 is 0 Å². The van der Waals surface area contributed by atoms with Crippen molar-refractivity contribution in [2.45, 2.75) is 44.3 Å². The van der Waals surface area contributed by atoms with Gasteiger partial charge in [0.1, 0.15) is 6.04 Å². The molecule has 5 nitrogen and oxygen atoms in total. The van der Waals surface area contributed by atoms with E-state index in [1.165, 1.54) is 11.3 Å². The number of ketones is 1. The fourth-order valence-electron chi connectivity index (χ4n) is 6.00. The van der Waals surface area contributed by atoms with Gasteiger partial charge in [-0.15, -0.1) is 11.3 Å². The first-order valence-corrected chi connectivity index (χ1v) is 15.2. The van der Waals surface area contributed by atoms with E-state index < -0.39 is 23.9 Å². The summed E-state index contributed by atoms with van der Waals surface area (Å²) in [5.41, 5.74) is 3.77. The van der Waals surface area contributed by atoms with Gasteiger partial charge >= 0.3 is 0 Å². The molecule has 1 saturated carbocycles. The van der Waals surface area contributed by atoms with Gasteiger partial charge < -0.3 is 10.2 Å². The van der Waals surface area contributed by atoms with Crippen molar-refractivity contribution in [1.82, 2.24) is 10.2 Å². The average molecular weight is 583 g/mol. The highest BCUT2D eigenvalue weighted by Crippen LogP contribution is 2.53. The minimum absolute atomic E-state index is 0.0590. The molecule has 1 aliphatic heterocycles. The minimum Gasteiger partial charge on any atom is -0.350 e. The van der Waals surface area contributed by atoms with Gasteiger partial charge in [-0.2, -0.15) is 0 Å². The van der Waals surface area contributed by atoms with Crippen molar-refractivity contribution in [3.8, 4) is 0 Å². The SMILES string of the molecule is Cc1ccc(CNC(=O)C2C(c3ccc(Cl)cc3)C(C(=O)c3cccs3)C(c3ccccc3)N2C(=O)C2CC2)cc1. The Morgan fingerprint density at radius 3 is 2.22 bits per heavy atom. The molecule has 2 aliphatic rings. The zero-order valence-electron chi connectivity index (χ0n) is 22.7. The Morgan fingerprint density at radius 1 is 0.878 bits per heavy atom. The average Bonchev–Trinajstić information content (AvgIpc) is 3.57. The Labute approximate surface area is 249 Å². The second-order valence-corrected chi connectivity index (χ2v) is 12.4. The van der Waals surface area contributed by atoms with Crippen molar-refractivity contribution < 1.29 is 14.4 Å². The van der Waals surface area contributed by atoms with Gasteiger partial charge in [0.15, 0.2) is 5.78 Å². The maximum atomic E-state index is 14.4. The number of nitrogens with one attached hydrogen (secondary N) is 1. The third-order valence-electron chi connectivity index (χ3n) is 8.17. The maximum Gasteiger partial charge on any atom is 0.243 e. The Bertz CT molecular complexity index is 1530.